The predicted molar refractivity (Wildman–Crippen MR) is 104 cm³/mol. The van der Waals surface area contributed by atoms with Crippen molar-refractivity contribution in [2.24, 2.45) is 0 Å². The van der Waals surface area contributed by atoms with Gasteiger partial charge in [-0.2, -0.15) is 0 Å². The second kappa shape index (κ2) is 8.87. The topological polar surface area (TPSA) is 61.7 Å². The van der Waals surface area contributed by atoms with Crippen LogP contribution in [0.2, 0.25) is 0 Å². The Morgan fingerprint density at radius 3 is 2.67 bits per heavy atom. The molecule has 2 fully saturated rings. The van der Waals surface area contributed by atoms with Crippen molar-refractivity contribution in [3.63, 3.8) is 0 Å². The third-order valence-electron chi connectivity index (χ3n) is 5.86. The molecule has 2 aliphatic heterocycles. The number of nitrogens with zero attached hydrogens (tertiary/aromatic N) is 5. The van der Waals surface area contributed by atoms with Gasteiger partial charge in [0.25, 0.3) is 0 Å². The Bertz CT molecular complexity index is 649. The molecule has 3 rings (SSSR count). The molecule has 7 heteroatoms. The van der Waals surface area contributed by atoms with Crippen molar-refractivity contribution < 1.29 is 9.59 Å². The predicted octanol–water partition coefficient (Wildman–Crippen LogP) is 1.55. The van der Waals surface area contributed by atoms with Crippen molar-refractivity contribution in [3.8, 4) is 0 Å². The summed E-state index contributed by atoms with van der Waals surface area (Å²) in [4.78, 5) is 35.2. The van der Waals surface area contributed by atoms with Gasteiger partial charge < -0.3 is 19.3 Å². The van der Waals surface area contributed by atoms with Crippen LogP contribution in [0.4, 0.5) is 0 Å². The molecule has 0 aromatic carbocycles. The maximum Gasteiger partial charge on any atom is 0.245 e. The van der Waals surface area contributed by atoms with Crippen molar-refractivity contribution in [1.82, 2.24) is 24.3 Å². The van der Waals surface area contributed by atoms with Crippen LogP contribution in [0.3, 0.4) is 0 Å². The lowest BCUT2D eigenvalue weighted by Crippen LogP contribution is -2.49. The molecular formula is C20H33N5O2. The van der Waals surface area contributed by atoms with Gasteiger partial charge in [-0.1, -0.05) is 0 Å². The summed E-state index contributed by atoms with van der Waals surface area (Å²) in [7, 11) is 4.19. The summed E-state index contributed by atoms with van der Waals surface area (Å²) < 4.78 is 2.27. The fourth-order valence-corrected chi connectivity index (χ4v) is 4.26. The summed E-state index contributed by atoms with van der Waals surface area (Å²) >= 11 is 0. The molecule has 150 valence electrons. The van der Waals surface area contributed by atoms with Crippen LogP contribution in [0.15, 0.2) is 12.4 Å². The van der Waals surface area contributed by atoms with Crippen LogP contribution in [0.1, 0.15) is 50.8 Å². The first kappa shape index (κ1) is 19.9. The Morgan fingerprint density at radius 2 is 2.04 bits per heavy atom. The van der Waals surface area contributed by atoms with Crippen LogP contribution in [0, 0.1) is 0 Å². The van der Waals surface area contributed by atoms with Gasteiger partial charge in [-0.15, -0.1) is 0 Å². The van der Waals surface area contributed by atoms with Crippen LogP contribution in [0.5, 0.6) is 0 Å². The molecule has 2 aliphatic rings. The van der Waals surface area contributed by atoms with Crippen LogP contribution >= 0.6 is 0 Å². The maximum absolute atomic E-state index is 12.8. The molecule has 0 saturated carbocycles. The van der Waals surface area contributed by atoms with Crippen LogP contribution in [-0.4, -0.2) is 82.4 Å². The molecule has 0 unspecified atom stereocenters. The van der Waals surface area contributed by atoms with E-state index in [0.717, 1.165) is 57.7 Å². The number of aryl methyl sites for hydroxylation is 1. The number of carbonyl (C=O) groups excluding carboxylic acids is 2. The molecule has 3 heterocycles. The third kappa shape index (κ3) is 4.69. The Balaban J connectivity index is 1.52. The maximum atomic E-state index is 12.8. The average Bonchev–Trinajstić information content (AvgIpc) is 3.29. The second-order valence-electron chi connectivity index (χ2n) is 8.10. The van der Waals surface area contributed by atoms with Crippen LogP contribution in [-0.2, 0) is 16.1 Å². The van der Waals surface area contributed by atoms with Gasteiger partial charge in [0, 0.05) is 50.9 Å². The number of carbonyl (C=O) groups is 2. The summed E-state index contributed by atoms with van der Waals surface area (Å²) in [6.07, 6.45) is 8.40. The van der Waals surface area contributed by atoms with Gasteiger partial charge in [-0.05, 0) is 53.2 Å². The Labute approximate surface area is 162 Å². The van der Waals surface area contributed by atoms with Crippen molar-refractivity contribution in [1.29, 1.82) is 0 Å². The molecule has 2 saturated heterocycles. The quantitative estimate of drug-likeness (QED) is 0.725. The van der Waals surface area contributed by atoms with Crippen LogP contribution in [0.25, 0.3) is 0 Å². The highest BCUT2D eigenvalue weighted by Crippen LogP contribution is 2.28. The molecule has 1 atom stereocenters. The number of hydrogen-bond acceptors (Lipinski definition) is 4. The monoisotopic (exact) mass is 375 g/mol. The number of rotatable bonds is 7. The van der Waals surface area contributed by atoms with E-state index in [1.54, 1.807) is 4.90 Å². The summed E-state index contributed by atoms with van der Waals surface area (Å²) in [6, 6.07) is -0.329. The molecule has 0 radical (unpaired) electrons. The molecule has 1 aromatic rings. The molecule has 2 amide bonds. The first-order valence-corrected chi connectivity index (χ1v) is 10.2. The summed E-state index contributed by atoms with van der Waals surface area (Å²) in [5, 5.41) is 0. The molecule has 7 nitrogen and oxygen atoms in total. The van der Waals surface area contributed by atoms with E-state index in [-0.39, 0.29) is 17.9 Å². The minimum absolute atomic E-state index is 0.0954. The van der Waals surface area contributed by atoms with Crippen molar-refractivity contribution >= 4 is 11.8 Å². The smallest absolute Gasteiger partial charge is 0.245 e. The molecule has 1 aromatic heterocycles. The Morgan fingerprint density at radius 1 is 1.30 bits per heavy atom. The van der Waals surface area contributed by atoms with Gasteiger partial charge in [0.2, 0.25) is 11.8 Å². The fraction of sp³-hybridized carbons (Fsp3) is 0.750. The first-order valence-electron chi connectivity index (χ1n) is 10.2. The lowest BCUT2D eigenvalue weighted by Gasteiger charge is -2.35. The number of likely N-dealkylation sites (tertiary alicyclic amines) is 2. The van der Waals surface area contributed by atoms with Gasteiger partial charge in [0.05, 0.1) is 0 Å². The highest BCUT2D eigenvalue weighted by molar-refractivity contribution is 5.88. The Hall–Kier alpha value is -1.89. The van der Waals surface area contributed by atoms with Gasteiger partial charge >= 0.3 is 0 Å². The number of hydrogen-bond donors (Lipinski definition) is 0. The summed E-state index contributed by atoms with van der Waals surface area (Å²) in [5.74, 6) is 1.78. The third-order valence-corrected chi connectivity index (χ3v) is 5.86. The fourth-order valence-electron chi connectivity index (χ4n) is 4.26. The van der Waals surface area contributed by atoms with Gasteiger partial charge in [-0.25, -0.2) is 4.98 Å². The van der Waals surface area contributed by atoms with E-state index in [4.69, 9.17) is 0 Å². The lowest BCUT2D eigenvalue weighted by molar-refractivity contribution is -0.143. The van der Waals surface area contributed by atoms with Gasteiger partial charge in [0.15, 0.2) is 0 Å². The highest BCUT2D eigenvalue weighted by atomic mass is 16.2. The summed E-state index contributed by atoms with van der Waals surface area (Å²) in [5.41, 5.74) is 0. The van der Waals surface area contributed by atoms with E-state index in [1.165, 1.54) is 0 Å². The molecule has 0 aliphatic carbocycles. The van der Waals surface area contributed by atoms with Crippen molar-refractivity contribution in [2.45, 2.75) is 57.5 Å². The zero-order chi connectivity index (χ0) is 19.4. The first-order chi connectivity index (χ1) is 13.0. The van der Waals surface area contributed by atoms with Gasteiger partial charge in [-0.3, -0.25) is 9.59 Å². The Kier molecular flexibility index (Phi) is 6.52. The molecule has 0 N–H and O–H groups in total. The SMILES string of the molecule is C[C@H](C(=O)N1CCC(c2nccn2CCCN(C)C)CC1)N1CCCC1=O. The van der Waals surface area contributed by atoms with E-state index in [0.29, 0.717) is 18.9 Å². The van der Waals surface area contributed by atoms with Gasteiger partial charge in [0.1, 0.15) is 11.9 Å². The number of amides is 2. The normalized spacial score (nSPS) is 19.9. The van der Waals surface area contributed by atoms with Crippen molar-refractivity contribution in [2.75, 3.05) is 40.3 Å². The molecule has 0 bridgehead atoms. The largest absolute Gasteiger partial charge is 0.341 e. The highest BCUT2D eigenvalue weighted by Gasteiger charge is 2.34. The minimum atomic E-state index is -0.329. The van der Waals surface area contributed by atoms with E-state index in [1.807, 2.05) is 18.0 Å². The average molecular weight is 376 g/mol. The van der Waals surface area contributed by atoms with Crippen LogP contribution < -0.4 is 0 Å². The zero-order valence-electron chi connectivity index (χ0n) is 16.9. The van der Waals surface area contributed by atoms with E-state index in [2.05, 4.69) is 34.7 Å². The van der Waals surface area contributed by atoms with Crippen molar-refractivity contribution in [3.05, 3.63) is 18.2 Å². The van der Waals surface area contributed by atoms with E-state index < -0.39 is 0 Å². The molecular weight excluding hydrogens is 342 g/mol. The number of piperidine rings is 1. The molecule has 0 spiro atoms. The number of imidazole rings is 1. The number of aromatic nitrogens is 2. The molecule has 27 heavy (non-hydrogen) atoms. The second-order valence-corrected chi connectivity index (χ2v) is 8.10. The minimum Gasteiger partial charge on any atom is -0.341 e. The van der Waals surface area contributed by atoms with E-state index in [9.17, 15) is 9.59 Å². The van der Waals surface area contributed by atoms with E-state index >= 15 is 0 Å². The lowest BCUT2D eigenvalue weighted by atomic mass is 9.95. The summed E-state index contributed by atoms with van der Waals surface area (Å²) in [6.45, 7) is 6.14. The standard InChI is InChI=1S/C20H33N5O2/c1-16(25-12-4-6-18(25)26)20(27)24-13-7-17(8-14-24)19-21-9-15-23(19)11-5-10-22(2)3/h9,15-17H,4-8,10-14H2,1-3H3/t16-/m1/s1. The zero-order valence-corrected chi connectivity index (χ0v) is 16.9.